The molecule has 1 aliphatic rings. The summed E-state index contributed by atoms with van der Waals surface area (Å²) in [5.74, 6) is -0.703. The van der Waals surface area contributed by atoms with Gasteiger partial charge in [-0.2, -0.15) is 0 Å². The highest BCUT2D eigenvalue weighted by Gasteiger charge is 2.16. The van der Waals surface area contributed by atoms with Crippen LogP contribution in [0.2, 0.25) is 0 Å². The fourth-order valence-corrected chi connectivity index (χ4v) is 2.55. The number of fused-ring (bicyclic) bond motifs is 1. The van der Waals surface area contributed by atoms with Crippen molar-refractivity contribution in [3.63, 3.8) is 0 Å². The first-order chi connectivity index (χ1) is 10.1. The molecule has 0 spiro atoms. The molecule has 0 atom stereocenters. The molecule has 0 radical (unpaired) electrons. The van der Waals surface area contributed by atoms with Crippen molar-refractivity contribution >= 4 is 11.6 Å². The van der Waals surface area contributed by atoms with E-state index in [2.05, 4.69) is 10.6 Å². The highest BCUT2D eigenvalue weighted by Crippen LogP contribution is 2.26. The van der Waals surface area contributed by atoms with Crippen molar-refractivity contribution in [2.45, 2.75) is 13.0 Å². The molecule has 1 aliphatic heterocycles. The fourth-order valence-electron chi connectivity index (χ4n) is 2.55. The molecule has 108 valence electrons. The number of phenols is 2. The maximum atomic E-state index is 12.3. The molecule has 0 saturated heterocycles. The van der Waals surface area contributed by atoms with E-state index in [4.69, 9.17) is 0 Å². The Labute approximate surface area is 122 Å². The van der Waals surface area contributed by atoms with Crippen LogP contribution in [0, 0.1) is 0 Å². The van der Waals surface area contributed by atoms with Gasteiger partial charge in [0.05, 0.1) is 5.56 Å². The number of nitrogens with one attached hydrogen (secondary N) is 2. The van der Waals surface area contributed by atoms with Gasteiger partial charge in [0.25, 0.3) is 5.91 Å². The summed E-state index contributed by atoms with van der Waals surface area (Å²) >= 11 is 0. The second-order valence-electron chi connectivity index (χ2n) is 5.03. The van der Waals surface area contributed by atoms with Gasteiger partial charge in [0.1, 0.15) is 11.5 Å². The average Bonchev–Trinajstić information content (AvgIpc) is 2.47. The lowest BCUT2D eigenvalue weighted by Gasteiger charge is -2.20. The van der Waals surface area contributed by atoms with E-state index < -0.39 is 0 Å². The average molecular weight is 284 g/mol. The molecule has 0 aliphatic carbocycles. The van der Waals surface area contributed by atoms with E-state index in [1.54, 1.807) is 0 Å². The summed E-state index contributed by atoms with van der Waals surface area (Å²) in [7, 11) is 0. The number of rotatable bonds is 2. The van der Waals surface area contributed by atoms with Crippen LogP contribution >= 0.6 is 0 Å². The van der Waals surface area contributed by atoms with E-state index >= 15 is 0 Å². The lowest BCUT2D eigenvalue weighted by Crippen LogP contribution is -2.25. The minimum atomic E-state index is -0.389. The molecule has 0 bridgehead atoms. The zero-order valence-corrected chi connectivity index (χ0v) is 11.4. The number of carbonyl (C=O) groups is 1. The van der Waals surface area contributed by atoms with Gasteiger partial charge in [-0.1, -0.05) is 12.1 Å². The van der Waals surface area contributed by atoms with E-state index in [9.17, 15) is 15.0 Å². The zero-order chi connectivity index (χ0) is 14.8. The number of carbonyl (C=O) groups excluding carboxylic acids is 1. The summed E-state index contributed by atoms with van der Waals surface area (Å²) in [6, 6.07) is 9.72. The van der Waals surface area contributed by atoms with Crippen LogP contribution in [0.5, 0.6) is 11.5 Å². The molecule has 5 nitrogen and oxygen atoms in total. The quantitative estimate of drug-likeness (QED) is 0.680. The topological polar surface area (TPSA) is 81.6 Å². The molecule has 4 N–H and O–H groups in total. The van der Waals surface area contributed by atoms with Crippen molar-refractivity contribution in [3.05, 3.63) is 53.1 Å². The molecule has 2 aromatic rings. The maximum absolute atomic E-state index is 12.3. The smallest absolute Gasteiger partial charge is 0.259 e. The monoisotopic (exact) mass is 284 g/mol. The molecule has 2 aromatic carbocycles. The van der Waals surface area contributed by atoms with Crippen molar-refractivity contribution < 1.29 is 15.0 Å². The van der Waals surface area contributed by atoms with Gasteiger partial charge in [0.15, 0.2) is 0 Å². The van der Waals surface area contributed by atoms with Crippen LogP contribution < -0.4 is 10.6 Å². The van der Waals surface area contributed by atoms with Crippen LogP contribution in [-0.4, -0.2) is 22.7 Å². The molecule has 0 aromatic heterocycles. The Morgan fingerprint density at radius 3 is 2.86 bits per heavy atom. The second kappa shape index (κ2) is 5.46. The van der Waals surface area contributed by atoms with E-state index in [-0.39, 0.29) is 23.0 Å². The maximum Gasteiger partial charge on any atom is 0.259 e. The number of hydrogen-bond donors (Lipinski definition) is 4. The first kappa shape index (κ1) is 13.5. The lowest BCUT2D eigenvalue weighted by molar-refractivity contribution is 0.102. The van der Waals surface area contributed by atoms with Gasteiger partial charge in [0.2, 0.25) is 0 Å². The SMILES string of the molecule is O=C(Nc1cccc2c1CCNC2)c1ccc(O)cc1O. The van der Waals surface area contributed by atoms with Crippen molar-refractivity contribution in [1.82, 2.24) is 5.32 Å². The summed E-state index contributed by atoms with van der Waals surface area (Å²) < 4.78 is 0. The normalized spacial score (nSPS) is 13.5. The molecule has 21 heavy (non-hydrogen) atoms. The first-order valence-electron chi connectivity index (χ1n) is 6.80. The summed E-state index contributed by atoms with van der Waals surface area (Å²) in [5, 5.41) is 25.1. The van der Waals surface area contributed by atoms with Crippen LogP contribution in [0.1, 0.15) is 21.5 Å². The molecular formula is C16H16N2O3. The number of hydrogen-bond acceptors (Lipinski definition) is 4. The van der Waals surface area contributed by atoms with Crippen molar-refractivity contribution in [1.29, 1.82) is 0 Å². The van der Waals surface area contributed by atoms with E-state index in [0.717, 1.165) is 36.8 Å². The molecule has 0 fully saturated rings. The standard InChI is InChI=1S/C16H16N2O3/c19-11-4-5-13(15(20)8-11)16(21)18-14-3-1-2-10-9-17-7-6-12(10)14/h1-5,8,17,19-20H,6-7,9H2,(H,18,21). The Bertz CT molecular complexity index is 698. The summed E-state index contributed by atoms with van der Waals surface area (Å²) in [4.78, 5) is 12.3. The van der Waals surface area contributed by atoms with Crippen molar-refractivity contribution in [2.24, 2.45) is 0 Å². The first-order valence-corrected chi connectivity index (χ1v) is 6.80. The lowest BCUT2D eigenvalue weighted by atomic mass is 9.99. The number of benzene rings is 2. The molecule has 0 saturated carbocycles. The van der Waals surface area contributed by atoms with E-state index in [1.165, 1.54) is 17.7 Å². The third kappa shape index (κ3) is 2.68. The Balaban J connectivity index is 1.88. The largest absolute Gasteiger partial charge is 0.508 e. The van der Waals surface area contributed by atoms with Gasteiger partial charge < -0.3 is 20.8 Å². The zero-order valence-electron chi connectivity index (χ0n) is 11.4. The Morgan fingerprint density at radius 1 is 1.19 bits per heavy atom. The molecular weight excluding hydrogens is 268 g/mol. The van der Waals surface area contributed by atoms with Crippen LogP contribution in [0.25, 0.3) is 0 Å². The minimum absolute atomic E-state index is 0.0767. The minimum Gasteiger partial charge on any atom is -0.508 e. The Morgan fingerprint density at radius 2 is 2.05 bits per heavy atom. The van der Waals surface area contributed by atoms with Gasteiger partial charge in [-0.25, -0.2) is 0 Å². The third-order valence-electron chi connectivity index (χ3n) is 3.61. The van der Waals surface area contributed by atoms with Gasteiger partial charge in [-0.3, -0.25) is 4.79 Å². The van der Waals surface area contributed by atoms with Gasteiger partial charge >= 0.3 is 0 Å². The molecule has 3 rings (SSSR count). The second-order valence-corrected chi connectivity index (χ2v) is 5.03. The molecule has 0 unspecified atom stereocenters. The Hall–Kier alpha value is -2.53. The predicted octanol–water partition coefficient (Wildman–Crippen LogP) is 2.00. The van der Waals surface area contributed by atoms with Crippen LogP contribution in [0.3, 0.4) is 0 Å². The van der Waals surface area contributed by atoms with Gasteiger partial charge in [-0.05, 0) is 42.3 Å². The highest BCUT2D eigenvalue weighted by atomic mass is 16.3. The van der Waals surface area contributed by atoms with Crippen LogP contribution in [0.4, 0.5) is 5.69 Å². The number of amides is 1. The van der Waals surface area contributed by atoms with Crippen LogP contribution in [0.15, 0.2) is 36.4 Å². The Kier molecular flexibility index (Phi) is 3.50. The van der Waals surface area contributed by atoms with Crippen molar-refractivity contribution in [2.75, 3.05) is 11.9 Å². The van der Waals surface area contributed by atoms with Gasteiger partial charge in [-0.15, -0.1) is 0 Å². The van der Waals surface area contributed by atoms with Gasteiger partial charge in [0, 0.05) is 18.3 Å². The van der Waals surface area contributed by atoms with Crippen LogP contribution in [-0.2, 0) is 13.0 Å². The fraction of sp³-hybridized carbons (Fsp3) is 0.188. The molecule has 1 amide bonds. The van der Waals surface area contributed by atoms with Crippen molar-refractivity contribution in [3.8, 4) is 11.5 Å². The number of aromatic hydroxyl groups is 2. The molecule has 5 heteroatoms. The summed E-state index contributed by atoms with van der Waals surface area (Å²) in [6.07, 6.45) is 0.855. The number of anilines is 1. The summed E-state index contributed by atoms with van der Waals surface area (Å²) in [6.45, 7) is 1.67. The third-order valence-corrected chi connectivity index (χ3v) is 3.61. The number of phenolic OH excluding ortho intramolecular Hbond substituents is 2. The van der Waals surface area contributed by atoms with E-state index in [0.29, 0.717) is 0 Å². The molecule has 1 heterocycles. The highest BCUT2D eigenvalue weighted by molar-refractivity contribution is 6.06. The summed E-state index contributed by atoms with van der Waals surface area (Å²) in [5.41, 5.74) is 3.21. The van der Waals surface area contributed by atoms with E-state index in [1.807, 2.05) is 18.2 Å². The predicted molar refractivity (Wildman–Crippen MR) is 79.6 cm³/mol.